The fourth-order valence-electron chi connectivity index (χ4n) is 2.17. The van der Waals surface area contributed by atoms with Gasteiger partial charge in [0, 0.05) is 18.8 Å². The summed E-state index contributed by atoms with van der Waals surface area (Å²) in [5, 5.41) is 11.1. The van der Waals surface area contributed by atoms with Gasteiger partial charge in [-0.2, -0.15) is 0 Å². The number of hydrogen-bond donors (Lipinski definition) is 2. The number of hydrogen-bond acceptors (Lipinski definition) is 4. The van der Waals surface area contributed by atoms with Crippen molar-refractivity contribution < 1.29 is 19.4 Å². The molecule has 0 aliphatic heterocycles. The van der Waals surface area contributed by atoms with Gasteiger partial charge >= 0.3 is 5.97 Å². The van der Waals surface area contributed by atoms with E-state index in [-0.39, 0.29) is 0 Å². The van der Waals surface area contributed by atoms with Crippen LogP contribution < -0.4 is 0 Å². The molecule has 2 unspecified atom stereocenters. The minimum absolute atomic E-state index is 0.523. The zero-order chi connectivity index (χ0) is 16.0. The number of ether oxygens (including phenoxy) is 2. The summed E-state index contributed by atoms with van der Waals surface area (Å²) in [6.07, 6.45) is 8.17. The van der Waals surface area contributed by atoms with Crippen LogP contribution in [0.15, 0.2) is 60.8 Å². The fourth-order valence-corrected chi connectivity index (χ4v) is 2.17. The lowest BCUT2D eigenvalue weighted by atomic mass is 9.94. The van der Waals surface area contributed by atoms with Gasteiger partial charge in [-0.3, -0.25) is 4.79 Å². The van der Waals surface area contributed by atoms with Gasteiger partial charge in [-0.15, -0.1) is 0 Å². The highest BCUT2D eigenvalue weighted by Crippen LogP contribution is 2.26. The van der Waals surface area contributed by atoms with Crippen molar-refractivity contribution in [2.45, 2.75) is 5.79 Å². The molecule has 1 aliphatic rings. The second kappa shape index (κ2) is 7.06. The van der Waals surface area contributed by atoms with E-state index in [1.165, 1.54) is 37.3 Å². The molecule has 0 radical (unpaired) electrons. The predicted molar refractivity (Wildman–Crippen MR) is 84.0 cm³/mol. The Kier molecular flexibility index (Phi) is 5.14. The van der Waals surface area contributed by atoms with Crippen LogP contribution >= 0.6 is 0 Å². The molecule has 0 amide bonds. The Hall–Kier alpha value is -2.37. The molecule has 0 bridgehead atoms. The summed E-state index contributed by atoms with van der Waals surface area (Å²) in [4.78, 5) is 14.3. The molecule has 22 heavy (non-hydrogen) atoms. The van der Waals surface area contributed by atoms with Crippen molar-refractivity contribution in [1.29, 1.82) is 0 Å². The number of benzene rings is 1. The number of allylic oxidation sites excluding steroid dienone is 2. The third-order valence-electron chi connectivity index (χ3n) is 3.44. The molecule has 1 aromatic carbocycles. The van der Waals surface area contributed by atoms with Crippen LogP contribution in [-0.2, 0) is 14.3 Å². The molecule has 1 aliphatic carbocycles. The average Bonchev–Trinajstić information content (AvgIpc) is 3.04. The molecule has 1 heterocycles. The number of aromatic nitrogens is 1. The summed E-state index contributed by atoms with van der Waals surface area (Å²) < 4.78 is 9.35. The molecule has 0 saturated carbocycles. The molecule has 2 aromatic rings. The lowest BCUT2D eigenvalue weighted by molar-refractivity contribution is -0.191. The largest absolute Gasteiger partial charge is 0.468 e. The minimum atomic E-state index is -1.58. The number of rotatable bonds is 2. The van der Waals surface area contributed by atoms with Crippen LogP contribution in [0.1, 0.15) is 0 Å². The van der Waals surface area contributed by atoms with E-state index in [4.69, 9.17) is 4.74 Å². The number of nitrogens with one attached hydrogen (secondary N) is 1. The maximum absolute atomic E-state index is 11.2. The van der Waals surface area contributed by atoms with E-state index >= 15 is 0 Å². The Bertz CT molecular complexity index is 659. The first kappa shape index (κ1) is 16.0. The maximum atomic E-state index is 11.2. The van der Waals surface area contributed by atoms with E-state index in [1.807, 2.05) is 18.3 Å². The molecule has 5 nitrogen and oxygen atoms in total. The Balaban J connectivity index is 0.000000170. The zero-order valence-electron chi connectivity index (χ0n) is 12.5. The Labute approximate surface area is 128 Å². The summed E-state index contributed by atoms with van der Waals surface area (Å²) in [5.41, 5.74) is 1.21. The first-order chi connectivity index (χ1) is 10.6. The third-order valence-corrected chi connectivity index (χ3v) is 3.44. The second-order valence-corrected chi connectivity index (χ2v) is 4.77. The van der Waals surface area contributed by atoms with E-state index in [0.29, 0.717) is 0 Å². The number of aliphatic hydroxyl groups is 1. The van der Waals surface area contributed by atoms with Gasteiger partial charge in [0.15, 0.2) is 0 Å². The summed E-state index contributed by atoms with van der Waals surface area (Å²) >= 11 is 0. The van der Waals surface area contributed by atoms with Gasteiger partial charge in [0.1, 0.15) is 5.92 Å². The second-order valence-electron chi connectivity index (χ2n) is 4.77. The Morgan fingerprint density at radius 3 is 2.68 bits per heavy atom. The van der Waals surface area contributed by atoms with Crippen LogP contribution in [0.25, 0.3) is 10.9 Å². The number of aromatic amines is 1. The molecular formula is C17H19NO4. The molecular weight excluding hydrogens is 282 g/mol. The fraction of sp³-hybridized carbons (Fsp3) is 0.235. The first-order valence-corrected chi connectivity index (χ1v) is 6.84. The van der Waals surface area contributed by atoms with Crippen LogP contribution in [-0.4, -0.2) is 36.1 Å². The highest BCUT2D eigenvalue weighted by molar-refractivity contribution is 5.78. The van der Waals surface area contributed by atoms with Crippen molar-refractivity contribution in [2.24, 2.45) is 5.92 Å². The van der Waals surface area contributed by atoms with Crippen molar-refractivity contribution in [3.8, 4) is 0 Å². The predicted octanol–water partition coefficient (Wildman–Crippen LogP) is 2.40. The number of fused-ring (bicyclic) bond motifs is 1. The number of carbonyl (C=O) groups excluding carboxylic acids is 1. The molecule has 0 fully saturated rings. The van der Waals surface area contributed by atoms with E-state index in [2.05, 4.69) is 27.9 Å². The van der Waals surface area contributed by atoms with Gasteiger partial charge in [0.05, 0.1) is 7.11 Å². The van der Waals surface area contributed by atoms with Crippen LogP contribution in [0, 0.1) is 5.92 Å². The minimum Gasteiger partial charge on any atom is -0.468 e. The molecule has 3 rings (SSSR count). The Morgan fingerprint density at radius 1 is 1.23 bits per heavy atom. The zero-order valence-corrected chi connectivity index (χ0v) is 12.5. The Morgan fingerprint density at radius 2 is 2.00 bits per heavy atom. The molecule has 1 aromatic heterocycles. The number of esters is 1. The van der Waals surface area contributed by atoms with E-state index in [1.54, 1.807) is 12.2 Å². The van der Waals surface area contributed by atoms with Gasteiger partial charge in [-0.1, -0.05) is 36.4 Å². The normalized spacial score (nSPS) is 23.0. The van der Waals surface area contributed by atoms with Crippen molar-refractivity contribution in [3.63, 3.8) is 0 Å². The quantitative estimate of drug-likeness (QED) is 0.660. The number of carbonyl (C=O) groups is 1. The third kappa shape index (κ3) is 3.44. The molecule has 2 atom stereocenters. The van der Waals surface area contributed by atoms with Crippen LogP contribution in [0.3, 0.4) is 0 Å². The number of para-hydroxylation sites is 1. The summed E-state index contributed by atoms with van der Waals surface area (Å²) in [6.45, 7) is 0. The van der Waals surface area contributed by atoms with Crippen LogP contribution in [0.4, 0.5) is 0 Å². The number of methoxy groups -OCH3 is 2. The summed E-state index contributed by atoms with van der Waals surface area (Å²) in [5.74, 6) is -2.90. The van der Waals surface area contributed by atoms with Gasteiger partial charge in [-0.05, 0) is 23.6 Å². The van der Waals surface area contributed by atoms with Crippen molar-refractivity contribution >= 4 is 16.9 Å². The topological polar surface area (TPSA) is 71.6 Å². The van der Waals surface area contributed by atoms with Gasteiger partial charge < -0.3 is 19.6 Å². The first-order valence-electron chi connectivity index (χ1n) is 6.84. The molecule has 5 heteroatoms. The van der Waals surface area contributed by atoms with Crippen LogP contribution in [0.5, 0.6) is 0 Å². The van der Waals surface area contributed by atoms with Crippen molar-refractivity contribution in [3.05, 3.63) is 60.8 Å². The standard InChI is InChI=1S/C9H12O4.C8H7N/c1-12-8(10)7-5-3-4-6-9(7,11)13-2;1-2-4-8-7(3-1)5-6-9-8/h3-7,11H,1-2H3;1-6,9H. The van der Waals surface area contributed by atoms with Gasteiger partial charge in [0.2, 0.25) is 5.79 Å². The van der Waals surface area contributed by atoms with Gasteiger partial charge in [-0.25, -0.2) is 0 Å². The number of H-pyrrole nitrogens is 1. The summed E-state index contributed by atoms with van der Waals surface area (Å²) in [6, 6.07) is 10.3. The molecule has 116 valence electrons. The SMILES string of the molecule is COC(=O)C1C=CC=CC1(O)OC.c1ccc2[nH]ccc2c1. The van der Waals surface area contributed by atoms with Gasteiger partial charge in [0.25, 0.3) is 0 Å². The highest BCUT2D eigenvalue weighted by atomic mass is 16.6. The van der Waals surface area contributed by atoms with Crippen LogP contribution in [0.2, 0.25) is 0 Å². The smallest absolute Gasteiger partial charge is 0.318 e. The summed E-state index contributed by atoms with van der Waals surface area (Å²) in [7, 11) is 2.60. The molecule has 0 spiro atoms. The van der Waals surface area contributed by atoms with E-state index < -0.39 is 17.7 Å². The average molecular weight is 301 g/mol. The molecule has 0 saturated heterocycles. The van der Waals surface area contributed by atoms with E-state index in [0.717, 1.165) is 0 Å². The lowest BCUT2D eigenvalue weighted by Gasteiger charge is -2.29. The maximum Gasteiger partial charge on any atom is 0.318 e. The monoisotopic (exact) mass is 301 g/mol. The van der Waals surface area contributed by atoms with E-state index in [9.17, 15) is 9.90 Å². The lowest BCUT2D eigenvalue weighted by Crippen LogP contribution is -2.42. The highest BCUT2D eigenvalue weighted by Gasteiger charge is 2.39. The molecule has 2 N–H and O–H groups in total. The van der Waals surface area contributed by atoms with Crippen molar-refractivity contribution in [1.82, 2.24) is 4.98 Å². The van der Waals surface area contributed by atoms with Crippen molar-refractivity contribution in [2.75, 3.05) is 14.2 Å².